The van der Waals surface area contributed by atoms with Crippen molar-refractivity contribution in [1.82, 2.24) is 0 Å². The maximum atomic E-state index is 11.3. The first-order chi connectivity index (χ1) is 9.99. The Bertz CT molecular complexity index is 668. The van der Waals surface area contributed by atoms with Gasteiger partial charge in [0.05, 0.1) is 4.92 Å². The van der Waals surface area contributed by atoms with Crippen LogP contribution in [0.4, 0.5) is 11.4 Å². The summed E-state index contributed by atoms with van der Waals surface area (Å²) in [5.74, 6) is -0.194. The molecule has 1 N–H and O–H groups in total. The maximum Gasteiger partial charge on any atom is 0.293 e. The van der Waals surface area contributed by atoms with E-state index in [0.717, 1.165) is 5.56 Å². The molecule has 0 bridgehead atoms. The zero-order chi connectivity index (χ0) is 15.4. The summed E-state index contributed by atoms with van der Waals surface area (Å²) < 4.78 is 0. The second kappa shape index (κ2) is 6.17. The minimum atomic E-state index is -0.480. The Morgan fingerprint density at radius 2 is 1.86 bits per heavy atom. The molecule has 0 aliphatic heterocycles. The molecule has 0 aromatic heterocycles. The molecule has 0 radical (unpaired) electrons. The number of benzene rings is 2. The van der Waals surface area contributed by atoms with Gasteiger partial charge in [0.2, 0.25) is 0 Å². The summed E-state index contributed by atoms with van der Waals surface area (Å²) in [6, 6.07) is 14.1. The van der Waals surface area contributed by atoms with Crippen LogP contribution in [0.15, 0.2) is 48.5 Å². The van der Waals surface area contributed by atoms with E-state index >= 15 is 0 Å². The molecule has 5 heteroatoms. The molecule has 2 aromatic carbocycles. The van der Waals surface area contributed by atoms with Crippen LogP contribution in [0.1, 0.15) is 35.8 Å². The number of hydrogen-bond donors (Lipinski definition) is 1. The second-order valence-corrected chi connectivity index (χ2v) is 4.82. The molecule has 2 rings (SSSR count). The number of carbonyl (C=O) groups excluding carboxylic acids is 1. The van der Waals surface area contributed by atoms with Gasteiger partial charge in [-0.1, -0.05) is 30.3 Å². The number of nitrogens with one attached hydrogen (secondary N) is 1. The van der Waals surface area contributed by atoms with Crippen LogP contribution in [0.5, 0.6) is 0 Å². The minimum absolute atomic E-state index is 0.0759. The summed E-state index contributed by atoms with van der Waals surface area (Å²) in [7, 11) is 0. The molecule has 5 nitrogen and oxygen atoms in total. The van der Waals surface area contributed by atoms with Gasteiger partial charge in [0, 0.05) is 17.7 Å². The van der Waals surface area contributed by atoms with Crippen LogP contribution in [0.3, 0.4) is 0 Å². The number of ketones is 1. The fraction of sp³-hybridized carbons (Fsp3) is 0.188. The van der Waals surface area contributed by atoms with Crippen LogP contribution >= 0.6 is 0 Å². The predicted octanol–water partition coefficient (Wildman–Crippen LogP) is 3.97. The van der Waals surface area contributed by atoms with Gasteiger partial charge in [-0.05, 0) is 31.5 Å². The highest BCUT2D eigenvalue weighted by atomic mass is 16.6. The largest absolute Gasteiger partial charge is 0.373 e. The highest BCUT2D eigenvalue weighted by Gasteiger charge is 2.18. The van der Waals surface area contributed by atoms with Crippen LogP contribution in [-0.2, 0) is 0 Å². The third kappa shape index (κ3) is 3.45. The third-order valence-corrected chi connectivity index (χ3v) is 3.27. The van der Waals surface area contributed by atoms with Crippen molar-refractivity contribution in [3.8, 4) is 0 Å². The Balaban J connectivity index is 2.31. The van der Waals surface area contributed by atoms with Crippen molar-refractivity contribution in [2.75, 3.05) is 5.32 Å². The summed E-state index contributed by atoms with van der Waals surface area (Å²) in [4.78, 5) is 22.0. The van der Waals surface area contributed by atoms with Crippen molar-refractivity contribution in [2.24, 2.45) is 0 Å². The van der Waals surface area contributed by atoms with Crippen molar-refractivity contribution in [2.45, 2.75) is 19.9 Å². The normalized spacial score (nSPS) is 11.7. The zero-order valence-corrected chi connectivity index (χ0v) is 11.9. The van der Waals surface area contributed by atoms with Crippen molar-refractivity contribution in [3.05, 3.63) is 69.8 Å². The van der Waals surface area contributed by atoms with Crippen molar-refractivity contribution < 1.29 is 9.72 Å². The summed E-state index contributed by atoms with van der Waals surface area (Å²) >= 11 is 0. The van der Waals surface area contributed by atoms with Crippen LogP contribution in [0.2, 0.25) is 0 Å². The first kappa shape index (κ1) is 14.7. The van der Waals surface area contributed by atoms with Crippen LogP contribution < -0.4 is 5.32 Å². The lowest BCUT2D eigenvalue weighted by molar-refractivity contribution is -0.384. The van der Waals surface area contributed by atoms with Gasteiger partial charge < -0.3 is 5.32 Å². The molecule has 0 spiro atoms. The fourth-order valence-corrected chi connectivity index (χ4v) is 2.08. The van der Waals surface area contributed by atoms with Crippen LogP contribution in [-0.4, -0.2) is 10.7 Å². The van der Waals surface area contributed by atoms with E-state index in [-0.39, 0.29) is 17.5 Å². The SMILES string of the molecule is CC(=O)c1ccc(N[C@H](C)c2ccccc2)c([N+](=O)[O-])c1. The van der Waals surface area contributed by atoms with Gasteiger partial charge in [-0.15, -0.1) is 0 Å². The fourth-order valence-electron chi connectivity index (χ4n) is 2.08. The van der Waals surface area contributed by atoms with E-state index < -0.39 is 4.92 Å². The average Bonchev–Trinajstić information content (AvgIpc) is 2.48. The third-order valence-electron chi connectivity index (χ3n) is 3.27. The zero-order valence-electron chi connectivity index (χ0n) is 11.9. The smallest absolute Gasteiger partial charge is 0.293 e. The molecule has 0 fully saturated rings. The van der Waals surface area contributed by atoms with Crippen LogP contribution in [0, 0.1) is 10.1 Å². The molecule has 21 heavy (non-hydrogen) atoms. The Labute approximate surface area is 122 Å². The van der Waals surface area contributed by atoms with Gasteiger partial charge in [0.25, 0.3) is 5.69 Å². The van der Waals surface area contributed by atoms with E-state index in [1.54, 1.807) is 12.1 Å². The number of hydrogen-bond acceptors (Lipinski definition) is 4. The summed E-state index contributed by atoms with van der Waals surface area (Å²) in [6.07, 6.45) is 0. The molecule has 0 heterocycles. The number of nitro benzene ring substituents is 1. The van der Waals surface area contributed by atoms with Crippen LogP contribution in [0.25, 0.3) is 0 Å². The lowest BCUT2D eigenvalue weighted by atomic mass is 10.1. The standard InChI is InChI=1S/C16H16N2O3/c1-11(13-6-4-3-5-7-13)17-15-9-8-14(12(2)19)10-16(15)18(20)21/h3-11,17H,1-2H3/t11-/m1/s1. The van der Waals surface area contributed by atoms with Gasteiger partial charge in [-0.2, -0.15) is 0 Å². The first-order valence-corrected chi connectivity index (χ1v) is 6.60. The Morgan fingerprint density at radius 1 is 1.19 bits per heavy atom. The lowest BCUT2D eigenvalue weighted by Crippen LogP contribution is -2.09. The number of Topliss-reactive ketones (excluding diaryl/α,β-unsaturated/α-hetero) is 1. The highest BCUT2D eigenvalue weighted by molar-refractivity contribution is 5.95. The number of carbonyl (C=O) groups is 1. The summed E-state index contributed by atoms with van der Waals surface area (Å²) in [6.45, 7) is 3.32. The van der Waals surface area contributed by atoms with Crippen molar-refractivity contribution in [3.63, 3.8) is 0 Å². The quantitative estimate of drug-likeness (QED) is 0.512. The molecule has 0 aliphatic rings. The van der Waals surface area contributed by atoms with Gasteiger partial charge >= 0.3 is 0 Å². The molecular weight excluding hydrogens is 268 g/mol. The molecule has 0 saturated heterocycles. The molecule has 2 aromatic rings. The molecule has 0 unspecified atom stereocenters. The van der Waals surface area contributed by atoms with Crippen molar-refractivity contribution >= 4 is 17.2 Å². The Hall–Kier alpha value is -2.69. The van der Waals surface area contributed by atoms with Gasteiger partial charge in [-0.25, -0.2) is 0 Å². The van der Waals surface area contributed by atoms with E-state index in [1.807, 2.05) is 37.3 Å². The molecule has 0 amide bonds. The van der Waals surface area contributed by atoms with E-state index in [4.69, 9.17) is 0 Å². The Morgan fingerprint density at radius 3 is 2.43 bits per heavy atom. The topological polar surface area (TPSA) is 72.2 Å². The number of nitrogens with zero attached hydrogens (tertiary/aromatic N) is 1. The van der Waals surface area contributed by atoms with Crippen molar-refractivity contribution in [1.29, 1.82) is 0 Å². The maximum absolute atomic E-state index is 11.3. The minimum Gasteiger partial charge on any atom is -0.373 e. The van der Waals surface area contributed by atoms with E-state index in [1.165, 1.54) is 13.0 Å². The van der Waals surface area contributed by atoms with E-state index in [2.05, 4.69) is 5.32 Å². The summed E-state index contributed by atoms with van der Waals surface area (Å²) in [5, 5.41) is 14.3. The number of anilines is 1. The molecule has 0 saturated carbocycles. The molecule has 108 valence electrons. The monoisotopic (exact) mass is 284 g/mol. The van der Waals surface area contributed by atoms with Gasteiger partial charge in [0.1, 0.15) is 5.69 Å². The Kier molecular flexibility index (Phi) is 4.33. The predicted molar refractivity (Wildman–Crippen MR) is 81.6 cm³/mol. The average molecular weight is 284 g/mol. The van der Waals surface area contributed by atoms with E-state index in [9.17, 15) is 14.9 Å². The first-order valence-electron chi connectivity index (χ1n) is 6.60. The molecular formula is C16H16N2O3. The summed E-state index contributed by atoms with van der Waals surface area (Å²) in [5.41, 5.74) is 1.67. The highest BCUT2D eigenvalue weighted by Crippen LogP contribution is 2.29. The van der Waals surface area contributed by atoms with Gasteiger partial charge in [0.15, 0.2) is 5.78 Å². The second-order valence-electron chi connectivity index (χ2n) is 4.82. The molecule has 0 aliphatic carbocycles. The lowest BCUT2D eigenvalue weighted by Gasteiger charge is -2.16. The number of rotatable bonds is 5. The van der Waals surface area contributed by atoms with Gasteiger partial charge in [-0.3, -0.25) is 14.9 Å². The number of nitro groups is 1. The van der Waals surface area contributed by atoms with E-state index in [0.29, 0.717) is 11.3 Å². The molecule has 1 atom stereocenters.